The minimum atomic E-state index is -3.40. The zero-order valence-electron chi connectivity index (χ0n) is 10.6. The summed E-state index contributed by atoms with van der Waals surface area (Å²) >= 11 is 0. The average Bonchev–Trinajstić information content (AvgIpc) is 2.30. The Kier molecular flexibility index (Phi) is 10.5. The van der Waals surface area contributed by atoms with Gasteiger partial charge in [-0.05, 0) is 19.3 Å². The molecule has 0 bridgehead atoms. The van der Waals surface area contributed by atoms with E-state index < -0.39 is 7.82 Å². The van der Waals surface area contributed by atoms with Crippen LogP contribution in [0.15, 0.2) is 25.3 Å². The molecule has 0 aliphatic rings. The summed E-state index contributed by atoms with van der Waals surface area (Å²) in [7, 11) is -3.40. The predicted molar refractivity (Wildman–Crippen MR) is 70.0 cm³/mol. The molecule has 4 nitrogen and oxygen atoms in total. The average molecular weight is 262 g/mol. The van der Waals surface area contributed by atoms with Crippen molar-refractivity contribution in [3.8, 4) is 0 Å². The number of hydrogen-bond donors (Lipinski definition) is 0. The first-order chi connectivity index (χ1) is 8.18. The quantitative estimate of drug-likeness (QED) is 0.302. The summed E-state index contributed by atoms with van der Waals surface area (Å²) in [6.07, 6.45) is 6.43. The lowest BCUT2D eigenvalue weighted by molar-refractivity contribution is 0.115. The summed E-state index contributed by atoms with van der Waals surface area (Å²) in [4.78, 5) is 0. The molecule has 0 aromatic carbocycles. The second kappa shape index (κ2) is 10.7. The zero-order valence-corrected chi connectivity index (χ0v) is 11.5. The fourth-order valence-corrected chi connectivity index (χ4v) is 2.16. The first kappa shape index (κ1) is 16.6. The summed E-state index contributed by atoms with van der Waals surface area (Å²) < 4.78 is 27.6. The summed E-state index contributed by atoms with van der Waals surface area (Å²) in [5.74, 6) is 0. The van der Waals surface area contributed by atoms with Crippen LogP contribution in [-0.4, -0.2) is 19.8 Å². The SMILES string of the molecule is C=CCCOP(=O)(OCCC=C)OCCCC. The Labute approximate surface area is 104 Å². The van der Waals surface area contributed by atoms with Crippen molar-refractivity contribution < 1.29 is 18.1 Å². The van der Waals surface area contributed by atoms with Gasteiger partial charge in [-0.15, -0.1) is 13.2 Å². The molecular formula is C12H23O4P. The molecule has 0 aliphatic carbocycles. The molecule has 0 saturated carbocycles. The molecule has 0 saturated heterocycles. The van der Waals surface area contributed by atoms with Gasteiger partial charge < -0.3 is 0 Å². The molecule has 0 aromatic heterocycles. The van der Waals surface area contributed by atoms with E-state index in [1.54, 1.807) is 12.2 Å². The lowest BCUT2D eigenvalue weighted by atomic mass is 10.4. The highest BCUT2D eigenvalue weighted by atomic mass is 31.2. The topological polar surface area (TPSA) is 44.8 Å². The third-order valence-electron chi connectivity index (χ3n) is 1.89. The summed E-state index contributed by atoms with van der Waals surface area (Å²) in [6.45, 7) is 10.1. The van der Waals surface area contributed by atoms with Gasteiger partial charge in [0.2, 0.25) is 0 Å². The van der Waals surface area contributed by atoms with E-state index in [1.165, 1.54) is 0 Å². The van der Waals surface area contributed by atoms with E-state index in [0.29, 0.717) is 32.7 Å². The van der Waals surface area contributed by atoms with Crippen LogP contribution in [0, 0.1) is 0 Å². The van der Waals surface area contributed by atoms with Crippen LogP contribution >= 0.6 is 7.82 Å². The van der Waals surface area contributed by atoms with E-state index in [2.05, 4.69) is 13.2 Å². The van der Waals surface area contributed by atoms with Gasteiger partial charge in [-0.25, -0.2) is 4.57 Å². The zero-order chi connectivity index (χ0) is 13.0. The molecule has 5 heteroatoms. The maximum absolute atomic E-state index is 12.1. The minimum absolute atomic E-state index is 0.293. The molecule has 0 aliphatic heterocycles. The van der Waals surface area contributed by atoms with Crippen molar-refractivity contribution in [1.29, 1.82) is 0 Å². The lowest BCUT2D eigenvalue weighted by Crippen LogP contribution is -2.03. The second-order valence-electron chi connectivity index (χ2n) is 3.46. The third kappa shape index (κ3) is 9.31. The summed E-state index contributed by atoms with van der Waals surface area (Å²) in [5, 5.41) is 0. The van der Waals surface area contributed by atoms with Crippen molar-refractivity contribution in [1.82, 2.24) is 0 Å². The Bertz CT molecular complexity index is 235. The van der Waals surface area contributed by atoms with Crippen LogP contribution in [0.3, 0.4) is 0 Å². The first-order valence-corrected chi connectivity index (χ1v) is 7.40. The number of phosphoric acid groups is 1. The van der Waals surface area contributed by atoms with Gasteiger partial charge >= 0.3 is 7.82 Å². The number of rotatable bonds is 12. The van der Waals surface area contributed by atoms with Gasteiger partial charge in [0.15, 0.2) is 0 Å². The molecule has 0 aromatic rings. The van der Waals surface area contributed by atoms with E-state index in [0.717, 1.165) is 12.8 Å². The Balaban J connectivity index is 4.08. The fraction of sp³-hybridized carbons (Fsp3) is 0.667. The van der Waals surface area contributed by atoms with E-state index >= 15 is 0 Å². The van der Waals surface area contributed by atoms with E-state index in [9.17, 15) is 4.57 Å². The van der Waals surface area contributed by atoms with Crippen molar-refractivity contribution in [3.05, 3.63) is 25.3 Å². The summed E-state index contributed by atoms with van der Waals surface area (Å²) in [6, 6.07) is 0. The molecule has 0 spiro atoms. The molecular weight excluding hydrogens is 239 g/mol. The van der Waals surface area contributed by atoms with E-state index in [1.807, 2.05) is 6.92 Å². The fourth-order valence-electron chi connectivity index (χ4n) is 0.928. The van der Waals surface area contributed by atoms with Crippen molar-refractivity contribution in [3.63, 3.8) is 0 Å². The van der Waals surface area contributed by atoms with Crippen LogP contribution < -0.4 is 0 Å². The van der Waals surface area contributed by atoms with Crippen LogP contribution in [-0.2, 0) is 18.1 Å². The normalized spacial score (nSPS) is 11.4. The standard InChI is InChI=1S/C12H23O4P/c1-4-7-10-14-17(13,15-11-8-5-2)16-12-9-6-3/h4-5H,1-2,6-12H2,3H3. The Morgan fingerprint density at radius 1 is 1.00 bits per heavy atom. The first-order valence-electron chi connectivity index (χ1n) is 5.94. The second-order valence-corrected chi connectivity index (χ2v) is 5.12. The van der Waals surface area contributed by atoms with Crippen LogP contribution in [0.2, 0.25) is 0 Å². The number of phosphoric ester groups is 1. The van der Waals surface area contributed by atoms with Gasteiger partial charge in [-0.3, -0.25) is 13.6 Å². The van der Waals surface area contributed by atoms with Gasteiger partial charge in [-0.1, -0.05) is 25.5 Å². The predicted octanol–water partition coefficient (Wildman–Crippen LogP) is 4.10. The number of unbranched alkanes of at least 4 members (excludes halogenated alkanes) is 1. The largest absolute Gasteiger partial charge is 0.474 e. The molecule has 100 valence electrons. The van der Waals surface area contributed by atoms with Gasteiger partial charge in [0.25, 0.3) is 0 Å². The van der Waals surface area contributed by atoms with Crippen molar-refractivity contribution in [2.75, 3.05) is 19.8 Å². The van der Waals surface area contributed by atoms with Crippen molar-refractivity contribution in [2.24, 2.45) is 0 Å². The van der Waals surface area contributed by atoms with Gasteiger partial charge in [0.1, 0.15) is 0 Å². The molecule has 0 fully saturated rings. The Hall–Kier alpha value is -0.410. The maximum atomic E-state index is 12.1. The number of hydrogen-bond acceptors (Lipinski definition) is 4. The minimum Gasteiger partial charge on any atom is -0.287 e. The van der Waals surface area contributed by atoms with Crippen molar-refractivity contribution in [2.45, 2.75) is 32.6 Å². The Morgan fingerprint density at radius 3 is 1.88 bits per heavy atom. The molecule has 0 amide bonds. The van der Waals surface area contributed by atoms with Crippen LogP contribution in [0.4, 0.5) is 0 Å². The van der Waals surface area contributed by atoms with Gasteiger partial charge in [0.05, 0.1) is 19.8 Å². The summed E-state index contributed by atoms with van der Waals surface area (Å²) in [5.41, 5.74) is 0. The monoisotopic (exact) mass is 262 g/mol. The maximum Gasteiger partial charge on any atom is 0.474 e. The van der Waals surface area contributed by atoms with Gasteiger partial charge in [-0.2, -0.15) is 0 Å². The van der Waals surface area contributed by atoms with E-state index in [4.69, 9.17) is 13.6 Å². The Morgan fingerprint density at radius 2 is 1.47 bits per heavy atom. The molecule has 0 rings (SSSR count). The molecule has 0 radical (unpaired) electrons. The van der Waals surface area contributed by atoms with Crippen molar-refractivity contribution >= 4 is 7.82 Å². The lowest BCUT2D eigenvalue weighted by Gasteiger charge is -2.17. The molecule has 0 heterocycles. The highest BCUT2D eigenvalue weighted by Crippen LogP contribution is 2.49. The smallest absolute Gasteiger partial charge is 0.287 e. The highest BCUT2D eigenvalue weighted by Gasteiger charge is 2.25. The molecule has 0 atom stereocenters. The molecule has 0 unspecified atom stereocenters. The third-order valence-corrected chi connectivity index (χ3v) is 3.39. The van der Waals surface area contributed by atoms with Crippen LogP contribution in [0.1, 0.15) is 32.6 Å². The molecule has 17 heavy (non-hydrogen) atoms. The molecule has 0 N–H and O–H groups in total. The highest BCUT2D eigenvalue weighted by molar-refractivity contribution is 7.48. The van der Waals surface area contributed by atoms with Gasteiger partial charge in [0, 0.05) is 0 Å². The van der Waals surface area contributed by atoms with Crippen LogP contribution in [0.25, 0.3) is 0 Å². The van der Waals surface area contributed by atoms with E-state index in [-0.39, 0.29) is 0 Å². The van der Waals surface area contributed by atoms with Crippen LogP contribution in [0.5, 0.6) is 0 Å².